The van der Waals surface area contributed by atoms with Crippen molar-refractivity contribution in [3.8, 4) is 5.69 Å². The lowest BCUT2D eigenvalue weighted by Crippen LogP contribution is -2.03. The van der Waals surface area contributed by atoms with E-state index in [1.165, 1.54) is 12.1 Å². The zero-order valence-corrected chi connectivity index (χ0v) is 14.0. The number of nitrogens with zero attached hydrogens (tertiary/aromatic N) is 2. The highest BCUT2D eigenvalue weighted by atomic mass is 79.9. The predicted molar refractivity (Wildman–Crippen MR) is 88.0 cm³/mol. The summed E-state index contributed by atoms with van der Waals surface area (Å²) in [7, 11) is 0. The van der Waals surface area contributed by atoms with Crippen LogP contribution in [0.1, 0.15) is 18.1 Å². The normalized spacial score (nSPS) is 12.8. The number of aromatic nitrogens is 2. The Morgan fingerprint density at radius 1 is 1.29 bits per heavy atom. The van der Waals surface area contributed by atoms with Gasteiger partial charge in [0.2, 0.25) is 0 Å². The molecule has 1 aromatic heterocycles. The number of benzene rings is 2. The number of halogens is 4. The van der Waals surface area contributed by atoms with E-state index in [2.05, 4.69) is 20.9 Å². The number of hydrogen-bond acceptors (Lipinski definition) is 1. The summed E-state index contributed by atoms with van der Waals surface area (Å²) < 4.78 is 15.8. The molecule has 0 bridgehead atoms. The maximum absolute atomic E-state index is 13.3. The van der Waals surface area contributed by atoms with Crippen LogP contribution in [0.5, 0.6) is 0 Å². The molecule has 108 valence electrons. The summed E-state index contributed by atoms with van der Waals surface area (Å²) >= 11 is 15.9. The molecule has 1 heterocycles. The fourth-order valence-electron chi connectivity index (χ4n) is 2.27. The molecule has 0 spiro atoms. The molecule has 0 radical (unpaired) electrons. The molecular weight excluding hydrogens is 378 g/mol. The molecule has 3 rings (SSSR count). The highest BCUT2D eigenvalue weighted by Gasteiger charge is 2.19. The molecule has 0 aliphatic heterocycles. The van der Waals surface area contributed by atoms with Crippen LogP contribution in [-0.4, -0.2) is 9.55 Å². The van der Waals surface area contributed by atoms with E-state index in [1.54, 1.807) is 12.1 Å². The molecule has 0 saturated carbocycles. The van der Waals surface area contributed by atoms with Crippen LogP contribution in [0.2, 0.25) is 5.02 Å². The highest BCUT2D eigenvalue weighted by Crippen LogP contribution is 2.34. The fourth-order valence-corrected chi connectivity index (χ4v) is 3.15. The van der Waals surface area contributed by atoms with Crippen LogP contribution in [0.15, 0.2) is 40.9 Å². The van der Waals surface area contributed by atoms with Gasteiger partial charge in [0.25, 0.3) is 0 Å². The van der Waals surface area contributed by atoms with Crippen molar-refractivity contribution < 1.29 is 4.39 Å². The van der Waals surface area contributed by atoms with Crippen LogP contribution < -0.4 is 0 Å². The summed E-state index contributed by atoms with van der Waals surface area (Å²) in [4.78, 5) is 4.54. The molecule has 0 N–H and O–H groups in total. The monoisotopic (exact) mass is 386 g/mol. The van der Waals surface area contributed by atoms with Crippen molar-refractivity contribution in [1.29, 1.82) is 0 Å². The van der Waals surface area contributed by atoms with Gasteiger partial charge in [-0.2, -0.15) is 0 Å². The Bertz CT molecular complexity index is 830. The Hall–Kier alpha value is -1.10. The zero-order chi connectivity index (χ0) is 15.1. The van der Waals surface area contributed by atoms with Crippen molar-refractivity contribution in [3.05, 3.63) is 57.5 Å². The van der Waals surface area contributed by atoms with Crippen LogP contribution in [-0.2, 0) is 0 Å². The Kier molecular flexibility index (Phi) is 3.95. The third kappa shape index (κ3) is 2.56. The number of alkyl halides is 1. The lowest BCUT2D eigenvalue weighted by molar-refractivity contribution is 0.626. The smallest absolute Gasteiger partial charge is 0.132 e. The Balaban J connectivity index is 2.39. The third-order valence-corrected chi connectivity index (χ3v) is 4.30. The van der Waals surface area contributed by atoms with E-state index >= 15 is 0 Å². The molecule has 0 saturated heterocycles. The second-order valence-electron chi connectivity index (χ2n) is 4.62. The molecule has 0 aliphatic rings. The Morgan fingerprint density at radius 3 is 2.71 bits per heavy atom. The summed E-state index contributed by atoms with van der Waals surface area (Å²) in [6, 6.07) is 10.0. The maximum Gasteiger partial charge on any atom is 0.132 e. The fraction of sp³-hybridized carbons (Fsp3) is 0.133. The van der Waals surface area contributed by atoms with Gasteiger partial charge in [-0.25, -0.2) is 9.37 Å². The van der Waals surface area contributed by atoms with Crippen molar-refractivity contribution >= 4 is 50.2 Å². The zero-order valence-electron chi connectivity index (χ0n) is 10.9. The van der Waals surface area contributed by atoms with E-state index in [4.69, 9.17) is 23.2 Å². The summed E-state index contributed by atoms with van der Waals surface area (Å²) in [6.45, 7) is 1.84. The van der Waals surface area contributed by atoms with Crippen molar-refractivity contribution in [1.82, 2.24) is 9.55 Å². The third-order valence-electron chi connectivity index (χ3n) is 3.17. The van der Waals surface area contributed by atoms with Gasteiger partial charge >= 0.3 is 0 Å². The Morgan fingerprint density at radius 2 is 2.05 bits per heavy atom. The lowest BCUT2D eigenvalue weighted by atomic mass is 10.2. The van der Waals surface area contributed by atoms with Crippen LogP contribution in [0, 0.1) is 5.82 Å². The molecular formula is C15H10BrCl2FN2. The van der Waals surface area contributed by atoms with Crippen LogP contribution in [0.4, 0.5) is 4.39 Å². The first-order valence-corrected chi connectivity index (χ1v) is 7.86. The molecule has 2 nitrogen and oxygen atoms in total. The van der Waals surface area contributed by atoms with Crippen molar-refractivity contribution in [3.63, 3.8) is 0 Å². The first-order valence-electron chi connectivity index (χ1n) is 6.25. The van der Waals surface area contributed by atoms with Crippen LogP contribution in [0.3, 0.4) is 0 Å². The highest BCUT2D eigenvalue weighted by molar-refractivity contribution is 9.10. The first kappa shape index (κ1) is 14.8. The van der Waals surface area contributed by atoms with Gasteiger partial charge in [0, 0.05) is 4.47 Å². The maximum atomic E-state index is 13.3. The minimum Gasteiger partial charge on any atom is -0.294 e. The van der Waals surface area contributed by atoms with Crippen LogP contribution in [0.25, 0.3) is 16.7 Å². The summed E-state index contributed by atoms with van der Waals surface area (Å²) in [5, 5.41) is 0.244. The quantitative estimate of drug-likeness (QED) is 0.502. The minimum atomic E-state index is -0.314. The average molecular weight is 388 g/mol. The summed E-state index contributed by atoms with van der Waals surface area (Å²) in [6.07, 6.45) is 0. The molecule has 2 aromatic carbocycles. The molecule has 6 heteroatoms. The molecule has 1 atom stereocenters. The number of fused-ring (bicyclic) bond motifs is 1. The molecule has 21 heavy (non-hydrogen) atoms. The number of imidazole rings is 1. The molecule has 0 aliphatic carbocycles. The van der Waals surface area contributed by atoms with E-state index < -0.39 is 0 Å². The number of hydrogen-bond donors (Lipinski definition) is 0. The predicted octanol–water partition coefficient (Wildman–Crippen LogP) is 5.88. The first-order chi connectivity index (χ1) is 9.99. The average Bonchev–Trinajstić information content (AvgIpc) is 2.80. The number of rotatable bonds is 2. The molecule has 0 amide bonds. The van der Waals surface area contributed by atoms with E-state index in [0.29, 0.717) is 20.8 Å². The second kappa shape index (κ2) is 5.59. The van der Waals surface area contributed by atoms with E-state index in [0.717, 1.165) is 11.2 Å². The minimum absolute atomic E-state index is 0.312. The van der Waals surface area contributed by atoms with Gasteiger partial charge in [-0.3, -0.25) is 4.57 Å². The topological polar surface area (TPSA) is 17.8 Å². The summed E-state index contributed by atoms with van der Waals surface area (Å²) in [5.41, 5.74) is 2.28. The lowest BCUT2D eigenvalue weighted by Gasteiger charge is -2.12. The van der Waals surface area contributed by atoms with E-state index in [1.807, 2.05) is 23.6 Å². The van der Waals surface area contributed by atoms with Gasteiger partial charge in [0.05, 0.1) is 21.6 Å². The Labute approximate surface area is 139 Å². The molecule has 1 unspecified atom stereocenters. The standard InChI is InChI=1S/C15H10BrCl2FN2/c1-8(17)15-20-14-11(18)3-2-4-13(14)21(15)12-6-5-9(19)7-10(12)16/h2-8H,1H3. The SMILES string of the molecule is CC(Cl)c1nc2c(Cl)cccc2n1-c1ccc(F)cc1Br. The number of para-hydroxylation sites is 1. The van der Waals surface area contributed by atoms with Gasteiger partial charge in [-0.1, -0.05) is 17.7 Å². The van der Waals surface area contributed by atoms with E-state index in [9.17, 15) is 4.39 Å². The van der Waals surface area contributed by atoms with Gasteiger partial charge in [0.15, 0.2) is 0 Å². The van der Waals surface area contributed by atoms with Gasteiger partial charge < -0.3 is 0 Å². The van der Waals surface area contributed by atoms with E-state index in [-0.39, 0.29) is 11.2 Å². The molecule has 0 fully saturated rings. The van der Waals surface area contributed by atoms with Gasteiger partial charge in [-0.05, 0) is 53.2 Å². The largest absolute Gasteiger partial charge is 0.294 e. The van der Waals surface area contributed by atoms with Crippen LogP contribution >= 0.6 is 39.1 Å². The van der Waals surface area contributed by atoms with Crippen molar-refractivity contribution in [2.45, 2.75) is 12.3 Å². The van der Waals surface area contributed by atoms with Gasteiger partial charge in [-0.15, -0.1) is 11.6 Å². The van der Waals surface area contributed by atoms with Crippen molar-refractivity contribution in [2.75, 3.05) is 0 Å². The summed E-state index contributed by atoms with van der Waals surface area (Å²) in [5.74, 6) is 0.348. The second-order valence-corrected chi connectivity index (χ2v) is 6.54. The van der Waals surface area contributed by atoms with Crippen molar-refractivity contribution in [2.24, 2.45) is 0 Å². The van der Waals surface area contributed by atoms with Gasteiger partial charge in [0.1, 0.15) is 17.2 Å². The molecule has 3 aromatic rings.